The summed E-state index contributed by atoms with van der Waals surface area (Å²) in [6.07, 6.45) is 1.90. The number of oxazole rings is 1. The van der Waals surface area contributed by atoms with Crippen molar-refractivity contribution in [1.29, 1.82) is 0 Å². The summed E-state index contributed by atoms with van der Waals surface area (Å²) in [4.78, 5) is 36.1. The second-order valence-electron chi connectivity index (χ2n) is 2.87. The van der Waals surface area contributed by atoms with Crippen LogP contribution in [0.2, 0.25) is 0 Å². The second kappa shape index (κ2) is 4.91. The van der Waals surface area contributed by atoms with Crippen LogP contribution in [-0.2, 0) is 9.59 Å². The minimum Gasteiger partial charge on any atom is -0.480 e. The molecule has 8 heteroatoms. The normalized spacial score (nSPS) is 11.8. The summed E-state index contributed by atoms with van der Waals surface area (Å²) in [6.45, 7) is 0. The molecule has 0 saturated carbocycles. The first kappa shape index (κ1) is 11.7. The van der Waals surface area contributed by atoms with Crippen molar-refractivity contribution in [2.75, 3.05) is 0 Å². The number of hydrogen-bond acceptors (Lipinski definition) is 5. The van der Waals surface area contributed by atoms with Crippen LogP contribution < -0.4 is 11.1 Å². The van der Waals surface area contributed by atoms with Crippen LogP contribution in [0.1, 0.15) is 17.1 Å². The highest BCUT2D eigenvalue weighted by atomic mass is 16.4. The fourth-order valence-corrected chi connectivity index (χ4v) is 0.957. The van der Waals surface area contributed by atoms with Gasteiger partial charge in [0.2, 0.25) is 5.91 Å². The third-order valence-corrected chi connectivity index (χ3v) is 1.64. The van der Waals surface area contributed by atoms with Crippen LogP contribution in [0.3, 0.4) is 0 Å². The molecule has 0 aliphatic carbocycles. The molecular weight excluding hydrogens is 218 g/mol. The minimum absolute atomic E-state index is 0.282. The summed E-state index contributed by atoms with van der Waals surface area (Å²) >= 11 is 0. The number of aliphatic carboxylic acids is 1. The Morgan fingerprint density at radius 1 is 1.56 bits per heavy atom. The van der Waals surface area contributed by atoms with Crippen molar-refractivity contribution in [3.8, 4) is 0 Å². The molecule has 16 heavy (non-hydrogen) atoms. The summed E-state index contributed by atoms with van der Waals surface area (Å²) in [5.74, 6) is -3.30. The number of nitrogens with one attached hydrogen (secondary N) is 1. The Morgan fingerprint density at radius 2 is 2.25 bits per heavy atom. The number of carbonyl (C=O) groups excluding carboxylic acids is 2. The lowest BCUT2D eigenvalue weighted by Gasteiger charge is -2.10. The largest absolute Gasteiger partial charge is 0.480 e. The molecule has 1 aromatic heterocycles. The number of hydrogen-bond donors (Lipinski definition) is 3. The van der Waals surface area contributed by atoms with E-state index in [0.717, 1.165) is 0 Å². The van der Waals surface area contributed by atoms with Crippen molar-refractivity contribution in [3.63, 3.8) is 0 Å². The average Bonchev–Trinajstić information content (AvgIpc) is 2.68. The molecule has 0 unspecified atom stereocenters. The fraction of sp³-hybridized carbons (Fsp3) is 0.250. The lowest BCUT2D eigenvalue weighted by molar-refractivity contribution is -0.140. The SMILES string of the molecule is NC(=O)C[C@H](NC(=O)c1ncco1)C(=O)O. The summed E-state index contributed by atoms with van der Waals surface area (Å²) in [5, 5.41) is 10.7. The summed E-state index contributed by atoms with van der Waals surface area (Å²) in [7, 11) is 0. The van der Waals surface area contributed by atoms with E-state index in [9.17, 15) is 14.4 Å². The molecule has 86 valence electrons. The maximum absolute atomic E-state index is 11.3. The average molecular weight is 227 g/mol. The van der Waals surface area contributed by atoms with Gasteiger partial charge in [-0.05, 0) is 0 Å². The zero-order chi connectivity index (χ0) is 12.1. The number of amides is 2. The van der Waals surface area contributed by atoms with E-state index in [2.05, 4.69) is 14.7 Å². The van der Waals surface area contributed by atoms with Gasteiger partial charge < -0.3 is 20.6 Å². The zero-order valence-electron chi connectivity index (χ0n) is 8.04. The van der Waals surface area contributed by atoms with Crippen molar-refractivity contribution in [2.24, 2.45) is 5.73 Å². The van der Waals surface area contributed by atoms with Gasteiger partial charge in [0.05, 0.1) is 12.6 Å². The van der Waals surface area contributed by atoms with Gasteiger partial charge in [-0.1, -0.05) is 0 Å². The predicted octanol–water partition coefficient (Wildman–Crippen LogP) is -1.27. The molecule has 0 spiro atoms. The van der Waals surface area contributed by atoms with E-state index < -0.39 is 30.2 Å². The molecule has 0 saturated heterocycles. The highest BCUT2D eigenvalue weighted by molar-refractivity contribution is 5.94. The molecule has 0 fully saturated rings. The third-order valence-electron chi connectivity index (χ3n) is 1.64. The van der Waals surface area contributed by atoms with E-state index in [1.165, 1.54) is 12.5 Å². The zero-order valence-corrected chi connectivity index (χ0v) is 8.04. The molecule has 4 N–H and O–H groups in total. The Morgan fingerprint density at radius 3 is 2.69 bits per heavy atom. The van der Waals surface area contributed by atoms with E-state index in [4.69, 9.17) is 10.8 Å². The molecular formula is C8H9N3O5. The minimum atomic E-state index is -1.39. The highest BCUT2D eigenvalue weighted by Crippen LogP contribution is 1.98. The molecule has 2 amide bonds. The topological polar surface area (TPSA) is 136 Å². The summed E-state index contributed by atoms with van der Waals surface area (Å²) in [5.41, 5.74) is 4.83. The Labute approximate surface area is 89.4 Å². The Balaban J connectivity index is 2.65. The monoisotopic (exact) mass is 227 g/mol. The quantitative estimate of drug-likeness (QED) is 0.574. The van der Waals surface area contributed by atoms with Crippen LogP contribution in [0.25, 0.3) is 0 Å². The molecule has 0 bridgehead atoms. The molecule has 8 nitrogen and oxygen atoms in total. The molecule has 0 aromatic carbocycles. The lowest BCUT2D eigenvalue weighted by atomic mass is 10.2. The van der Waals surface area contributed by atoms with E-state index in [-0.39, 0.29) is 5.89 Å². The molecule has 0 aliphatic rings. The highest BCUT2D eigenvalue weighted by Gasteiger charge is 2.24. The van der Waals surface area contributed by atoms with Crippen LogP contribution in [0.15, 0.2) is 16.9 Å². The van der Waals surface area contributed by atoms with Gasteiger partial charge in [0.1, 0.15) is 12.3 Å². The Hall–Kier alpha value is -2.38. The first-order valence-corrected chi connectivity index (χ1v) is 4.22. The molecule has 1 rings (SSSR count). The van der Waals surface area contributed by atoms with Gasteiger partial charge in [-0.25, -0.2) is 9.78 Å². The van der Waals surface area contributed by atoms with Crippen molar-refractivity contribution in [3.05, 3.63) is 18.4 Å². The van der Waals surface area contributed by atoms with Gasteiger partial charge in [-0.15, -0.1) is 0 Å². The van der Waals surface area contributed by atoms with Crippen molar-refractivity contribution < 1.29 is 23.9 Å². The van der Waals surface area contributed by atoms with Gasteiger partial charge in [0, 0.05) is 0 Å². The summed E-state index contributed by atoms with van der Waals surface area (Å²) in [6, 6.07) is -1.39. The lowest BCUT2D eigenvalue weighted by Crippen LogP contribution is -2.43. The molecule has 0 aliphatic heterocycles. The van der Waals surface area contributed by atoms with Crippen LogP contribution in [0.4, 0.5) is 0 Å². The van der Waals surface area contributed by atoms with Gasteiger partial charge in [-0.2, -0.15) is 0 Å². The molecule has 0 radical (unpaired) electrons. The molecule has 1 heterocycles. The molecule has 1 aromatic rings. The van der Waals surface area contributed by atoms with Gasteiger partial charge in [-0.3, -0.25) is 9.59 Å². The third kappa shape index (κ3) is 3.08. The summed E-state index contributed by atoms with van der Waals surface area (Å²) < 4.78 is 4.65. The predicted molar refractivity (Wildman–Crippen MR) is 49.2 cm³/mol. The smallest absolute Gasteiger partial charge is 0.326 e. The van der Waals surface area contributed by atoms with E-state index in [1.807, 2.05) is 0 Å². The van der Waals surface area contributed by atoms with Crippen molar-refractivity contribution in [2.45, 2.75) is 12.5 Å². The number of carboxylic acid groups (broad SMARTS) is 1. The van der Waals surface area contributed by atoms with Crippen LogP contribution >= 0.6 is 0 Å². The van der Waals surface area contributed by atoms with Crippen molar-refractivity contribution in [1.82, 2.24) is 10.3 Å². The van der Waals surface area contributed by atoms with E-state index in [1.54, 1.807) is 0 Å². The first-order valence-electron chi connectivity index (χ1n) is 4.22. The number of carbonyl (C=O) groups is 3. The number of nitrogens with two attached hydrogens (primary N) is 1. The maximum atomic E-state index is 11.3. The van der Waals surface area contributed by atoms with E-state index >= 15 is 0 Å². The number of rotatable bonds is 5. The number of aromatic nitrogens is 1. The number of carboxylic acids is 1. The van der Waals surface area contributed by atoms with Crippen molar-refractivity contribution >= 4 is 17.8 Å². The van der Waals surface area contributed by atoms with Gasteiger partial charge in [0.25, 0.3) is 5.89 Å². The fourth-order valence-electron chi connectivity index (χ4n) is 0.957. The maximum Gasteiger partial charge on any atom is 0.326 e. The Bertz CT molecular complexity index is 400. The first-order chi connectivity index (χ1) is 7.50. The standard InChI is InChI=1S/C8H9N3O5/c9-5(12)3-4(8(14)15)11-6(13)7-10-1-2-16-7/h1-2,4H,3H2,(H2,9,12)(H,11,13)(H,14,15)/t4-/m0/s1. The van der Waals surface area contributed by atoms with Crippen LogP contribution in [0, 0.1) is 0 Å². The number of primary amides is 1. The van der Waals surface area contributed by atoms with Crippen LogP contribution in [0.5, 0.6) is 0 Å². The number of nitrogens with zero attached hydrogens (tertiary/aromatic N) is 1. The second-order valence-corrected chi connectivity index (χ2v) is 2.87. The van der Waals surface area contributed by atoms with Gasteiger partial charge in [0.15, 0.2) is 0 Å². The van der Waals surface area contributed by atoms with Gasteiger partial charge >= 0.3 is 11.9 Å². The Kier molecular flexibility index (Phi) is 3.59. The van der Waals surface area contributed by atoms with Crippen LogP contribution in [-0.4, -0.2) is 33.9 Å². The van der Waals surface area contributed by atoms with E-state index in [0.29, 0.717) is 0 Å². The molecule has 1 atom stereocenters.